The first kappa shape index (κ1) is 22.5. The predicted molar refractivity (Wildman–Crippen MR) is 128 cm³/mol. The molecule has 1 heterocycles. The molecule has 0 saturated carbocycles. The van der Waals surface area contributed by atoms with Crippen molar-refractivity contribution in [3.05, 3.63) is 76.1 Å². The van der Waals surface area contributed by atoms with E-state index in [0.29, 0.717) is 25.5 Å². The van der Waals surface area contributed by atoms with Crippen molar-refractivity contribution in [2.75, 3.05) is 18.5 Å². The van der Waals surface area contributed by atoms with Gasteiger partial charge in [0.2, 0.25) is 5.75 Å². The third kappa shape index (κ3) is 5.69. The van der Waals surface area contributed by atoms with E-state index in [9.17, 15) is 4.79 Å². The quantitative estimate of drug-likeness (QED) is 0.339. The largest absolute Gasteiger partial charge is 0.485 e. The normalized spacial score (nSPS) is 10.7. The molecule has 31 heavy (non-hydrogen) atoms. The van der Waals surface area contributed by atoms with Gasteiger partial charge in [0.05, 0.1) is 12.1 Å². The van der Waals surface area contributed by atoms with Crippen LogP contribution in [0.2, 0.25) is 0 Å². The monoisotopic (exact) mass is 420 g/mol. The van der Waals surface area contributed by atoms with Crippen LogP contribution in [0.4, 0.5) is 5.69 Å². The molecule has 0 radical (unpaired) electrons. The number of hydrogen-bond donors (Lipinski definition) is 1. The molecule has 164 valence electrons. The second-order valence-electron chi connectivity index (χ2n) is 7.89. The van der Waals surface area contributed by atoms with Crippen LogP contribution in [0, 0.1) is 0 Å². The van der Waals surface area contributed by atoms with Crippen molar-refractivity contribution in [1.82, 2.24) is 4.57 Å². The van der Waals surface area contributed by atoms with Gasteiger partial charge in [0.1, 0.15) is 6.61 Å². The number of aryl methyl sites for hydroxylation is 1. The summed E-state index contributed by atoms with van der Waals surface area (Å²) in [6.07, 6.45) is 3.88. The summed E-state index contributed by atoms with van der Waals surface area (Å²) in [7, 11) is 1.78. The molecule has 0 atom stereocenters. The number of benzene rings is 2. The van der Waals surface area contributed by atoms with Gasteiger partial charge < -0.3 is 19.4 Å². The van der Waals surface area contributed by atoms with Crippen LogP contribution in [0.25, 0.3) is 10.9 Å². The number of anilines is 1. The molecule has 0 fully saturated rings. The molecular formula is C26H32N2O3. The van der Waals surface area contributed by atoms with Crippen molar-refractivity contribution in [3.63, 3.8) is 0 Å². The van der Waals surface area contributed by atoms with Crippen LogP contribution in [0.5, 0.6) is 11.5 Å². The fourth-order valence-electron chi connectivity index (χ4n) is 3.27. The maximum atomic E-state index is 13.1. The van der Waals surface area contributed by atoms with E-state index < -0.39 is 0 Å². The molecule has 0 amide bonds. The van der Waals surface area contributed by atoms with Crippen LogP contribution in [0.15, 0.2) is 65.0 Å². The highest BCUT2D eigenvalue weighted by Gasteiger charge is 2.18. The lowest BCUT2D eigenvalue weighted by molar-refractivity contribution is 0.275. The molecule has 3 aromatic rings. The lowest BCUT2D eigenvalue weighted by Gasteiger charge is -2.17. The summed E-state index contributed by atoms with van der Waals surface area (Å²) >= 11 is 0. The topological polar surface area (TPSA) is 52.5 Å². The number of hydrogen-bond acceptors (Lipinski definition) is 4. The fourth-order valence-corrected chi connectivity index (χ4v) is 3.27. The van der Waals surface area contributed by atoms with Gasteiger partial charge in [0.15, 0.2) is 5.75 Å². The number of ether oxygens (including phenoxy) is 2. The summed E-state index contributed by atoms with van der Waals surface area (Å²) in [5, 5.41) is 4.30. The van der Waals surface area contributed by atoms with Crippen molar-refractivity contribution in [2.24, 2.45) is 7.05 Å². The summed E-state index contributed by atoms with van der Waals surface area (Å²) in [5.41, 5.74) is 3.92. The minimum atomic E-state index is -0.184. The van der Waals surface area contributed by atoms with E-state index in [-0.39, 0.29) is 11.3 Å². The molecule has 0 bridgehead atoms. The molecule has 1 aromatic heterocycles. The van der Waals surface area contributed by atoms with Crippen LogP contribution < -0.4 is 20.3 Å². The lowest BCUT2D eigenvalue weighted by atomic mass is 10.1. The first-order chi connectivity index (χ1) is 15.0. The molecule has 0 unspecified atom stereocenters. The number of allylic oxidation sites excluding steroid dienone is 1. The maximum absolute atomic E-state index is 13.1. The molecule has 5 heteroatoms. The highest BCUT2D eigenvalue weighted by Crippen LogP contribution is 2.34. The Morgan fingerprint density at radius 3 is 2.55 bits per heavy atom. The SMILES string of the molecule is CCCCOc1c(OCC=C(C)C)c2ccc(NCc3ccccc3)cc2n(C)c1=O. The summed E-state index contributed by atoms with van der Waals surface area (Å²) in [6, 6.07) is 16.2. The Balaban J connectivity index is 1.98. The standard InChI is InChI=1S/C26H32N2O3/c1-5-6-15-30-25-24(31-16-14-19(2)3)22-13-12-21(17-23(22)28(4)26(25)29)27-18-20-10-8-7-9-11-20/h7-14,17,27H,5-6,15-16,18H2,1-4H3. The van der Waals surface area contributed by atoms with E-state index in [1.165, 1.54) is 5.56 Å². The summed E-state index contributed by atoms with van der Waals surface area (Å²) < 4.78 is 13.6. The van der Waals surface area contributed by atoms with Gasteiger partial charge in [-0.05, 0) is 50.1 Å². The average molecular weight is 421 g/mol. The Hall–Kier alpha value is -3.21. The molecule has 2 aromatic carbocycles. The number of pyridine rings is 1. The van der Waals surface area contributed by atoms with Crippen LogP contribution in [-0.2, 0) is 13.6 Å². The Morgan fingerprint density at radius 2 is 1.84 bits per heavy atom. The van der Waals surface area contributed by atoms with Crippen LogP contribution in [0.1, 0.15) is 39.2 Å². The molecule has 3 rings (SSSR count). The molecule has 0 saturated heterocycles. The lowest BCUT2D eigenvalue weighted by Crippen LogP contribution is -2.21. The van der Waals surface area contributed by atoms with Crippen molar-refractivity contribution in [1.29, 1.82) is 0 Å². The van der Waals surface area contributed by atoms with Crippen LogP contribution >= 0.6 is 0 Å². The summed E-state index contributed by atoms with van der Waals surface area (Å²) in [4.78, 5) is 13.1. The highest BCUT2D eigenvalue weighted by molar-refractivity contribution is 5.90. The summed E-state index contributed by atoms with van der Waals surface area (Å²) in [5.74, 6) is 0.803. The molecule has 5 nitrogen and oxygen atoms in total. The molecular weight excluding hydrogens is 388 g/mol. The van der Waals surface area contributed by atoms with Gasteiger partial charge in [0, 0.05) is 24.7 Å². The smallest absolute Gasteiger partial charge is 0.297 e. The van der Waals surface area contributed by atoms with E-state index in [1.54, 1.807) is 11.6 Å². The van der Waals surface area contributed by atoms with Gasteiger partial charge in [-0.2, -0.15) is 0 Å². The number of nitrogens with one attached hydrogen (secondary N) is 1. The van der Waals surface area contributed by atoms with Gasteiger partial charge in [-0.3, -0.25) is 4.79 Å². The van der Waals surface area contributed by atoms with E-state index >= 15 is 0 Å². The molecule has 1 N–H and O–H groups in total. The average Bonchev–Trinajstić information content (AvgIpc) is 2.78. The van der Waals surface area contributed by atoms with Gasteiger partial charge in [-0.15, -0.1) is 0 Å². The first-order valence-electron chi connectivity index (χ1n) is 10.8. The van der Waals surface area contributed by atoms with Crippen molar-refractivity contribution in [2.45, 2.75) is 40.2 Å². The molecule has 0 aliphatic carbocycles. The minimum absolute atomic E-state index is 0.184. The zero-order chi connectivity index (χ0) is 22.2. The van der Waals surface area contributed by atoms with Crippen molar-refractivity contribution in [3.8, 4) is 11.5 Å². The van der Waals surface area contributed by atoms with Gasteiger partial charge in [-0.25, -0.2) is 0 Å². The summed E-state index contributed by atoms with van der Waals surface area (Å²) in [6.45, 7) is 7.74. The maximum Gasteiger partial charge on any atom is 0.297 e. The highest BCUT2D eigenvalue weighted by atomic mass is 16.5. The number of nitrogens with zero attached hydrogens (tertiary/aromatic N) is 1. The van der Waals surface area contributed by atoms with Crippen LogP contribution in [0.3, 0.4) is 0 Å². The van der Waals surface area contributed by atoms with Gasteiger partial charge >= 0.3 is 0 Å². The molecule has 0 aliphatic rings. The molecule has 0 spiro atoms. The van der Waals surface area contributed by atoms with E-state index in [4.69, 9.17) is 9.47 Å². The van der Waals surface area contributed by atoms with E-state index in [2.05, 4.69) is 24.4 Å². The number of rotatable bonds is 10. The number of unbranched alkanes of at least 4 members (excludes halogenated alkanes) is 1. The van der Waals surface area contributed by atoms with E-state index in [1.807, 2.05) is 56.3 Å². The van der Waals surface area contributed by atoms with Gasteiger partial charge in [0.25, 0.3) is 5.56 Å². The zero-order valence-electron chi connectivity index (χ0n) is 18.9. The second-order valence-corrected chi connectivity index (χ2v) is 7.89. The van der Waals surface area contributed by atoms with Crippen LogP contribution in [-0.4, -0.2) is 17.8 Å². The Morgan fingerprint density at radius 1 is 1.06 bits per heavy atom. The third-order valence-electron chi connectivity index (χ3n) is 5.11. The Bertz CT molecular complexity index is 1100. The Labute approximate surface area is 184 Å². The van der Waals surface area contributed by atoms with Crippen molar-refractivity contribution >= 4 is 16.6 Å². The Kier molecular flexibility index (Phi) is 7.76. The number of aromatic nitrogens is 1. The first-order valence-corrected chi connectivity index (χ1v) is 10.8. The third-order valence-corrected chi connectivity index (χ3v) is 5.11. The molecule has 0 aliphatic heterocycles. The van der Waals surface area contributed by atoms with Gasteiger partial charge in [-0.1, -0.05) is 49.2 Å². The number of fused-ring (bicyclic) bond motifs is 1. The second kappa shape index (κ2) is 10.7. The predicted octanol–water partition coefficient (Wildman–Crippen LogP) is 5.67. The fraction of sp³-hybridized carbons (Fsp3) is 0.346. The van der Waals surface area contributed by atoms with E-state index in [0.717, 1.165) is 35.0 Å². The minimum Gasteiger partial charge on any atom is -0.485 e. The van der Waals surface area contributed by atoms with Crippen molar-refractivity contribution < 1.29 is 9.47 Å². The zero-order valence-corrected chi connectivity index (χ0v) is 18.9.